The van der Waals surface area contributed by atoms with Crippen molar-refractivity contribution in [2.75, 3.05) is 18.4 Å². The molecule has 31 heavy (non-hydrogen) atoms. The standard InChI is InChI=1S/C22H20BrN5O3/c23-17-13-26-28-20(12-18(27-21(17)28)16-7-1-2-8-19(16)30)24-9-4-10-25-22(31)14-5-3-6-15(29)11-14/h1-3,5-8,11-13,24,29-30H,4,9-10H2,(H,25,31). The highest BCUT2D eigenvalue weighted by molar-refractivity contribution is 9.10. The Balaban J connectivity index is 1.43. The van der Waals surface area contributed by atoms with Gasteiger partial charge in [-0.3, -0.25) is 4.79 Å². The second kappa shape index (κ2) is 9.05. The van der Waals surface area contributed by atoms with E-state index in [1.165, 1.54) is 12.1 Å². The number of carbonyl (C=O) groups is 1. The molecule has 4 aromatic rings. The number of phenols is 2. The van der Waals surface area contributed by atoms with Gasteiger partial charge in [0.15, 0.2) is 5.65 Å². The van der Waals surface area contributed by atoms with E-state index in [1.807, 2.05) is 12.1 Å². The number of phenolic OH excluding ortho intramolecular Hbond substituents is 2. The predicted octanol–water partition coefficient (Wildman–Crippen LogP) is 3.80. The zero-order valence-electron chi connectivity index (χ0n) is 16.4. The van der Waals surface area contributed by atoms with E-state index in [0.717, 1.165) is 4.47 Å². The number of rotatable bonds is 7. The number of nitrogens with zero attached hydrogens (tertiary/aromatic N) is 3. The van der Waals surface area contributed by atoms with Crippen molar-refractivity contribution in [3.05, 3.63) is 70.8 Å². The van der Waals surface area contributed by atoms with Crippen LogP contribution >= 0.6 is 15.9 Å². The lowest BCUT2D eigenvalue weighted by Crippen LogP contribution is -2.25. The Morgan fingerprint density at radius 2 is 1.90 bits per heavy atom. The van der Waals surface area contributed by atoms with Gasteiger partial charge in [0.05, 0.1) is 16.4 Å². The van der Waals surface area contributed by atoms with Gasteiger partial charge >= 0.3 is 0 Å². The quantitative estimate of drug-likeness (QED) is 0.298. The fraction of sp³-hybridized carbons (Fsp3) is 0.136. The lowest BCUT2D eigenvalue weighted by molar-refractivity contribution is 0.0953. The first-order chi connectivity index (χ1) is 15.0. The molecule has 0 fully saturated rings. The molecule has 8 nitrogen and oxygen atoms in total. The molecule has 2 aromatic heterocycles. The van der Waals surface area contributed by atoms with Crippen LogP contribution in [0, 0.1) is 0 Å². The van der Waals surface area contributed by atoms with E-state index < -0.39 is 0 Å². The van der Waals surface area contributed by atoms with E-state index in [4.69, 9.17) is 0 Å². The smallest absolute Gasteiger partial charge is 0.251 e. The van der Waals surface area contributed by atoms with Crippen LogP contribution in [0.4, 0.5) is 5.82 Å². The zero-order valence-corrected chi connectivity index (χ0v) is 18.0. The molecule has 0 radical (unpaired) electrons. The first-order valence-corrected chi connectivity index (χ1v) is 10.5. The van der Waals surface area contributed by atoms with Gasteiger partial charge in [0.2, 0.25) is 0 Å². The Bertz CT molecular complexity index is 1240. The SMILES string of the molecule is O=C(NCCCNc1cc(-c2ccccc2O)nc2c(Br)cnn12)c1cccc(O)c1. The molecule has 0 bridgehead atoms. The maximum absolute atomic E-state index is 12.1. The van der Waals surface area contributed by atoms with Gasteiger partial charge in [0, 0.05) is 30.3 Å². The molecule has 0 unspecified atom stereocenters. The molecule has 0 spiro atoms. The average molecular weight is 482 g/mol. The number of nitrogens with one attached hydrogen (secondary N) is 2. The predicted molar refractivity (Wildman–Crippen MR) is 121 cm³/mol. The molecule has 4 N–H and O–H groups in total. The lowest BCUT2D eigenvalue weighted by atomic mass is 10.1. The Morgan fingerprint density at radius 1 is 1.06 bits per heavy atom. The van der Waals surface area contributed by atoms with Crippen LogP contribution in [-0.2, 0) is 0 Å². The number of benzene rings is 2. The fourth-order valence-electron chi connectivity index (χ4n) is 3.15. The molecule has 0 aliphatic heterocycles. The number of aromatic hydroxyl groups is 2. The molecule has 1 amide bonds. The summed E-state index contributed by atoms with van der Waals surface area (Å²) in [4.78, 5) is 16.8. The third-order valence-corrected chi connectivity index (χ3v) is 5.22. The summed E-state index contributed by atoms with van der Waals surface area (Å²) in [7, 11) is 0. The highest BCUT2D eigenvalue weighted by Gasteiger charge is 2.13. The number of hydrogen-bond donors (Lipinski definition) is 4. The summed E-state index contributed by atoms with van der Waals surface area (Å²) in [5.41, 5.74) is 2.28. The lowest BCUT2D eigenvalue weighted by Gasteiger charge is -2.12. The first kappa shape index (κ1) is 20.7. The van der Waals surface area contributed by atoms with Gasteiger partial charge in [-0.15, -0.1) is 0 Å². The second-order valence-corrected chi connectivity index (χ2v) is 7.71. The zero-order chi connectivity index (χ0) is 21.8. The van der Waals surface area contributed by atoms with Gasteiger partial charge in [-0.05, 0) is 52.7 Å². The Labute approximate surface area is 186 Å². The van der Waals surface area contributed by atoms with Crippen LogP contribution in [0.1, 0.15) is 16.8 Å². The number of hydrogen-bond acceptors (Lipinski definition) is 6. The van der Waals surface area contributed by atoms with E-state index in [1.54, 1.807) is 41.0 Å². The van der Waals surface area contributed by atoms with E-state index in [-0.39, 0.29) is 17.4 Å². The van der Waals surface area contributed by atoms with Crippen LogP contribution in [-0.4, -0.2) is 43.8 Å². The minimum atomic E-state index is -0.236. The Kier molecular flexibility index (Phi) is 6.03. The van der Waals surface area contributed by atoms with Gasteiger partial charge in [-0.1, -0.05) is 18.2 Å². The molecule has 158 valence electrons. The molecular weight excluding hydrogens is 462 g/mol. The number of para-hydroxylation sites is 1. The molecular formula is C22H20BrN5O3. The largest absolute Gasteiger partial charge is 0.508 e. The van der Waals surface area contributed by atoms with Crippen LogP contribution in [0.3, 0.4) is 0 Å². The van der Waals surface area contributed by atoms with Crippen molar-refractivity contribution >= 4 is 33.3 Å². The topological polar surface area (TPSA) is 112 Å². The summed E-state index contributed by atoms with van der Waals surface area (Å²) >= 11 is 3.46. The highest BCUT2D eigenvalue weighted by Crippen LogP contribution is 2.31. The van der Waals surface area contributed by atoms with Crippen molar-refractivity contribution in [3.63, 3.8) is 0 Å². The summed E-state index contributed by atoms with van der Waals surface area (Å²) in [6.45, 7) is 1.04. The van der Waals surface area contributed by atoms with Crippen molar-refractivity contribution in [2.45, 2.75) is 6.42 Å². The normalized spacial score (nSPS) is 10.9. The molecule has 9 heteroatoms. The number of amides is 1. The minimum absolute atomic E-state index is 0.0571. The van der Waals surface area contributed by atoms with E-state index in [0.29, 0.717) is 47.8 Å². The van der Waals surface area contributed by atoms with Crippen LogP contribution in [0.25, 0.3) is 16.9 Å². The Hall–Kier alpha value is -3.59. The third kappa shape index (κ3) is 4.61. The summed E-state index contributed by atoms with van der Waals surface area (Å²) in [5, 5.41) is 30.2. The molecule has 0 atom stereocenters. The van der Waals surface area contributed by atoms with Gasteiger partial charge in [0.25, 0.3) is 5.91 Å². The number of halogens is 1. The maximum atomic E-state index is 12.1. The van der Waals surface area contributed by atoms with Crippen LogP contribution in [0.15, 0.2) is 65.3 Å². The van der Waals surface area contributed by atoms with Crippen molar-refractivity contribution in [1.82, 2.24) is 19.9 Å². The first-order valence-electron chi connectivity index (χ1n) is 9.66. The highest BCUT2D eigenvalue weighted by atomic mass is 79.9. The van der Waals surface area contributed by atoms with E-state index in [9.17, 15) is 15.0 Å². The maximum Gasteiger partial charge on any atom is 0.251 e. The van der Waals surface area contributed by atoms with Crippen LogP contribution in [0.2, 0.25) is 0 Å². The molecule has 0 aliphatic rings. The van der Waals surface area contributed by atoms with Gasteiger partial charge in [0.1, 0.15) is 17.3 Å². The van der Waals surface area contributed by atoms with Crippen LogP contribution in [0.5, 0.6) is 11.5 Å². The summed E-state index contributed by atoms with van der Waals surface area (Å²) in [6.07, 6.45) is 2.33. The third-order valence-electron chi connectivity index (χ3n) is 4.66. The van der Waals surface area contributed by atoms with Crippen molar-refractivity contribution in [1.29, 1.82) is 0 Å². The number of carbonyl (C=O) groups excluding carboxylic acids is 1. The van der Waals surface area contributed by atoms with Crippen molar-refractivity contribution < 1.29 is 15.0 Å². The summed E-state index contributed by atoms with van der Waals surface area (Å²) < 4.78 is 2.42. The second-order valence-electron chi connectivity index (χ2n) is 6.86. The summed E-state index contributed by atoms with van der Waals surface area (Å²) in [5.74, 6) is 0.686. The average Bonchev–Trinajstić information content (AvgIpc) is 3.14. The van der Waals surface area contributed by atoms with Crippen molar-refractivity contribution in [3.8, 4) is 22.8 Å². The monoisotopic (exact) mass is 481 g/mol. The van der Waals surface area contributed by atoms with Crippen LogP contribution < -0.4 is 10.6 Å². The minimum Gasteiger partial charge on any atom is -0.508 e. The molecule has 0 saturated carbocycles. The van der Waals surface area contributed by atoms with E-state index >= 15 is 0 Å². The molecule has 2 aromatic carbocycles. The number of aromatic nitrogens is 3. The molecule has 0 aliphatic carbocycles. The van der Waals surface area contributed by atoms with E-state index in [2.05, 4.69) is 36.6 Å². The molecule has 4 rings (SSSR count). The molecule has 0 saturated heterocycles. The number of fused-ring (bicyclic) bond motifs is 1. The van der Waals surface area contributed by atoms with Crippen molar-refractivity contribution in [2.24, 2.45) is 0 Å². The Morgan fingerprint density at radius 3 is 2.71 bits per heavy atom. The van der Waals surface area contributed by atoms with Gasteiger partial charge in [-0.2, -0.15) is 9.61 Å². The molecule has 2 heterocycles. The summed E-state index contributed by atoms with van der Waals surface area (Å²) in [6, 6.07) is 15.1. The van der Waals surface area contributed by atoms with Gasteiger partial charge in [-0.25, -0.2) is 4.98 Å². The van der Waals surface area contributed by atoms with Gasteiger partial charge < -0.3 is 20.8 Å². The fourth-order valence-corrected chi connectivity index (χ4v) is 3.49. The number of anilines is 1.